The summed E-state index contributed by atoms with van der Waals surface area (Å²) >= 11 is 0. The van der Waals surface area contributed by atoms with E-state index in [-0.39, 0.29) is 23.5 Å². The third-order valence-electron chi connectivity index (χ3n) is 5.68. The van der Waals surface area contributed by atoms with Crippen molar-refractivity contribution in [3.63, 3.8) is 0 Å². The lowest BCUT2D eigenvalue weighted by Crippen LogP contribution is -2.42. The lowest BCUT2D eigenvalue weighted by atomic mass is 9.69. The fourth-order valence-corrected chi connectivity index (χ4v) is 3.95. The molecule has 2 aliphatic heterocycles. The molecule has 0 aromatic carbocycles. The summed E-state index contributed by atoms with van der Waals surface area (Å²) < 4.78 is 11.6. The van der Waals surface area contributed by atoms with Gasteiger partial charge in [-0.2, -0.15) is 0 Å². The Morgan fingerprint density at radius 3 is 2.62 bits per heavy atom. The van der Waals surface area contributed by atoms with E-state index in [0.29, 0.717) is 24.8 Å². The second kappa shape index (κ2) is 9.19. The smallest absolute Gasteiger partial charge is 0.220 e. The van der Waals surface area contributed by atoms with Crippen LogP contribution in [0.5, 0.6) is 0 Å². The minimum Gasteiger partial charge on any atom is -0.378 e. The van der Waals surface area contributed by atoms with Gasteiger partial charge in [0.25, 0.3) is 0 Å². The molecule has 0 unspecified atom stereocenters. The number of carbonyl (C=O) groups is 1. The summed E-state index contributed by atoms with van der Waals surface area (Å²) in [6, 6.07) is 0. The highest BCUT2D eigenvalue weighted by Crippen LogP contribution is 2.43. The Hall–Kier alpha value is -0.610. The molecule has 0 bridgehead atoms. The van der Waals surface area contributed by atoms with Crippen LogP contribution in [0.4, 0.5) is 0 Å². The Balaban J connectivity index is 1.92. The van der Waals surface area contributed by atoms with Gasteiger partial charge < -0.3 is 14.8 Å². The van der Waals surface area contributed by atoms with Gasteiger partial charge in [-0.1, -0.05) is 34.1 Å². The number of amides is 1. The van der Waals surface area contributed by atoms with Gasteiger partial charge in [-0.05, 0) is 49.4 Å². The van der Waals surface area contributed by atoms with E-state index < -0.39 is 0 Å². The Labute approximate surface area is 148 Å². The number of carbonyl (C=O) groups excluding carboxylic acids is 1. The zero-order valence-corrected chi connectivity index (χ0v) is 16.1. The fraction of sp³-hybridized carbons (Fsp3) is 0.950. The Kier molecular flexibility index (Phi) is 7.55. The Morgan fingerprint density at radius 1 is 1.21 bits per heavy atom. The SMILES string of the molecule is CC(C)CC[C@]1(CC(=O)NC[C@H]2CCCO2)CCO[C@H](C(C)C)C1. The summed E-state index contributed by atoms with van der Waals surface area (Å²) in [4.78, 5) is 12.6. The van der Waals surface area contributed by atoms with E-state index >= 15 is 0 Å². The zero-order valence-electron chi connectivity index (χ0n) is 16.1. The van der Waals surface area contributed by atoms with E-state index in [1.807, 2.05) is 0 Å². The molecule has 2 saturated heterocycles. The predicted octanol–water partition coefficient (Wildman–Crippen LogP) is 3.93. The topological polar surface area (TPSA) is 47.6 Å². The van der Waals surface area contributed by atoms with Crippen molar-refractivity contribution in [1.82, 2.24) is 5.32 Å². The van der Waals surface area contributed by atoms with Gasteiger partial charge in [-0.15, -0.1) is 0 Å². The highest BCUT2D eigenvalue weighted by molar-refractivity contribution is 5.76. The molecule has 2 aliphatic rings. The molecule has 1 amide bonds. The van der Waals surface area contributed by atoms with Crippen molar-refractivity contribution < 1.29 is 14.3 Å². The molecular weight excluding hydrogens is 302 g/mol. The molecule has 0 spiro atoms. The summed E-state index contributed by atoms with van der Waals surface area (Å²) in [6.07, 6.45) is 7.68. The van der Waals surface area contributed by atoms with Crippen molar-refractivity contribution in [1.29, 1.82) is 0 Å². The van der Waals surface area contributed by atoms with Gasteiger partial charge in [0.2, 0.25) is 5.91 Å². The molecular formula is C20H37NO3. The Bertz CT molecular complexity index is 390. The lowest BCUT2D eigenvalue weighted by molar-refractivity contribution is -0.129. The average Bonchev–Trinajstić information content (AvgIpc) is 3.05. The molecule has 2 rings (SSSR count). The van der Waals surface area contributed by atoms with E-state index in [9.17, 15) is 4.79 Å². The van der Waals surface area contributed by atoms with E-state index in [1.54, 1.807) is 0 Å². The summed E-state index contributed by atoms with van der Waals surface area (Å²) in [5.41, 5.74) is 0.109. The highest BCUT2D eigenvalue weighted by Gasteiger charge is 2.39. The fourth-order valence-electron chi connectivity index (χ4n) is 3.95. The van der Waals surface area contributed by atoms with Gasteiger partial charge in [-0.3, -0.25) is 4.79 Å². The van der Waals surface area contributed by atoms with Crippen molar-refractivity contribution in [2.45, 2.75) is 84.8 Å². The first kappa shape index (κ1) is 19.7. The molecule has 0 saturated carbocycles. The van der Waals surface area contributed by atoms with E-state index in [0.717, 1.165) is 45.3 Å². The maximum atomic E-state index is 12.6. The van der Waals surface area contributed by atoms with Crippen molar-refractivity contribution in [2.75, 3.05) is 19.8 Å². The minimum absolute atomic E-state index is 0.109. The molecule has 0 aromatic heterocycles. The zero-order chi connectivity index (χ0) is 17.6. The molecule has 3 atom stereocenters. The maximum absolute atomic E-state index is 12.6. The highest BCUT2D eigenvalue weighted by atomic mass is 16.5. The predicted molar refractivity (Wildman–Crippen MR) is 96.9 cm³/mol. The third kappa shape index (κ3) is 6.03. The monoisotopic (exact) mass is 339 g/mol. The second-order valence-corrected chi connectivity index (χ2v) is 8.66. The summed E-state index contributed by atoms with van der Waals surface area (Å²) in [6.45, 7) is 11.3. The number of nitrogens with one attached hydrogen (secondary N) is 1. The van der Waals surface area contributed by atoms with Gasteiger partial charge in [0.05, 0.1) is 12.2 Å². The Morgan fingerprint density at radius 2 is 2.00 bits per heavy atom. The van der Waals surface area contributed by atoms with Crippen molar-refractivity contribution in [3.8, 4) is 0 Å². The van der Waals surface area contributed by atoms with Crippen LogP contribution in [0.25, 0.3) is 0 Å². The summed E-state index contributed by atoms with van der Waals surface area (Å²) in [5.74, 6) is 1.38. The van der Waals surface area contributed by atoms with Crippen molar-refractivity contribution in [3.05, 3.63) is 0 Å². The first-order valence-electron chi connectivity index (χ1n) is 9.90. The van der Waals surface area contributed by atoms with Crippen LogP contribution in [0, 0.1) is 17.3 Å². The first-order chi connectivity index (χ1) is 11.4. The van der Waals surface area contributed by atoms with Gasteiger partial charge in [0, 0.05) is 26.2 Å². The van der Waals surface area contributed by atoms with Crippen molar-refractivity contribution >= 4 is 5.91 Å². The number of hydrogen-bond acceptors (Lipinski definition) is 3. The van der Waals surface area contributed by atoms with Crippen LogP contribution in [0.2, 0.25) is 0 Å². The molecule has 1 N–H and O–H groups in total. The molecule has 4 nitrogen and oxygen atoms in total. The third-order valence-corrected chi connectivity index (χ3v) is 5.68. The first-order valence-corrected chi connectivity index (χ1v) is 9.90. The quantitative estimate of drug-likeness (QED) is 0.729. The summed E-state index contributed by atoms with van der Waals surface area (Å²) in [5, 5.41) is 3.12. The molecule has 2 fully saturated rings. The second-order valence-electron chi connectivity index (χ2n) is 8.66. The van der Waals surface area contributed by atoms with Crippen LogP contribution < -0.4 is 5.32 Å². The molecule has 2 heterocycles. The average molecular weight is 340 g/mol. The normalized spacial score (nSPS) is 30.9. The van der Waals surface area contributed by atoms with Gasteiger partial charge >= 0.3 is 0 Å². The van der Waals surface area contributed by atoms with Crippen LogP contribution in [-0.4, -0.2) is 37.9 Å². The van der Waals surface area contributed by atoms with Gasteiger partial charge in [0.1, 0.15) is 0 Å². The van der Waals surface area contributed by atoms with Crippen LogP contribution in [-0.2, 0) is 14.3 Å². The molecule has 4 heteroatoms. The number of ether oxygens (including phenoxy) is 2. The summed E-state index contributed by atoms with van der Waals surface area (Å²) in [7, 11) is 0. The largest absolute Gasteiger partial charge is 0.378 e. The van der Waals surface area contributed by atoms with Crippen molar-refractivity contribution in [2.24, 2.45) is 17.3 Å². The van der Waals surface area contributed by atoms with Crippen LogP contribution in [0.1, 0.15) is 72.6 Å². The van der Waals surface area contributed by atoms with Crippen LogP contribution in [0.3, 0.4) is 0 Å². The molecule has 140 valence electrons. The molecule has 24 heavy (non-hydrogen) atoms. The molecule has 0 aliphatic carbocycles. The maximum Gasteiger partial charge on any atom is 0.220 e. The van der Waals surface area contributed by atoms with E-state index in [4.69, 9.17) is 9.47 Å². The van der Waals surface area contributed by atoms with Crippen LogP contribution in [0.15, 0.2) is 0 Å². The molecule has 0 aromatic rings. The minimum atomic E-state index is 0.109. The van der Waals surface area contributed by atoms with Gasteiger partial charge in [0.15, 0.2) is 0 Å². The lowest BCUT2D eigenvalue weighted by Gasteiger charge is -2.42. The number of hydrogen-bond donors (Lipinski definition) is 1. The standard InChI is InChI=1S/C20H37NO3/c1-15(2)7-8-20(9-11-24-18(12-20)16(3)4)13-19(22)21-14-17-6-5-10-23-17/h15-18H,5-14H2,1-4H3,(H,21,22)/t17-,18+,20+/m1/s1. The van der Waals surface area contributed by atoms with E-state index in [1.165, 1.54) is 6.42 Å². The van der Waals surface area contributed by atoms with Crippen LogP contribution >= 0.6 is 0 Å². The van der Waals surface area contributed by atoms with E-state index in [2.05, 4.69) is 33.0 Å². The molecule has 0 radical (unpaired) electrons. The van der Waals surface area contributed by atoms with Gasteiger partial charge in [-0.25, -0.2) is 0 Å². The number of rotatable bonds is 8.